The van der Waals surface area contributed by atoms with Gasteiger partial charge >= 0.3 is 0 Å². The number of nitrogens with zero attached hydrogens (tertiary/aromatic N) is 1. The molecule has 21 heavy (non-hydrogen) atoms. The van der Waals surface area contributed by atoms with Gasteiger partial charge in [-0.15, -0.1) is 0 Å². The topological polar surface area (TPSA) is 119 Å². The van der Waals surface area contributed by atoms with E-state index in [0.29, 0.717) is 13.0 Å². The van der Waals surface area contributed by atoms with Crippen LogP contribution in [-0.4, -0.2) is 44.8 Å². The van der Waals surface area contributed by atoms with E-state index in [1.54, 1.807) is 0 Å². The number of aliphatic hydroxyl groups excluding tert-OH is 1. The molecular weight excluding hydrogens is 368 g/mol. The predicted octanol–water partition coefficient (Wildman–Crippen LogP) is 1.03. The van der Waals surface area contributed by atoms with Crippen molar-refractivity contribution in [2.75, 3.05) is 26.4 Å². The van der Waals surface area contributed by atoms with Gasteiger partial charge in [-0.2, -0.15) is 0 Å². The molecule has 0 amide bonds. The summed E-state index contributed by atoms with van der Waals surface area (Å²) >= 11 is 3.06. The van der Waals surface area contributed by atoms with Crippen molar-refractivity contribution in [2.45, 2.75) is 11.3 Å². The van der Waals surface area contributed by atoms with Crippen molar-refractivity contribution >= 4 is 31.6 Å². The Morgan fingerprint density at radius 3 is 2.71 bits per heavy atom. The first-order chi connectivity index (χ1) is 9.88. The number of nitro benzene ring substituents is 1. The summed E-state index contributed by atoms with van der Waals surface area (Å²) in [6, 6.07) is 3.53. The number of hydrogen-bond acceptors (Lipinski definition) is 6. The minimum atomic E-state index is -3.85. The van der Waals surface area contributed by atoms with Crippen LogP contribution in [0, 0.1) is 10.1 Å². The van der Waals surface area contributed by atoms with Crippen LogP contribution in [0.5, 0.6) is 0 Å². The number of non-ortho nitro benzene ring substituents is 1. The van der Waals surface area contributed by atoms with Crippen LogP contribution < -0.4 is 4.72 Å². The molecule has 0 aliphatic heterocycles. The number of ether oxygens (including phenoxy) is 1. The fraction of sp³-hybridized carbons (Fsp3) is 0.455. The SMILES string of the molecule is O=[N+]([O-])c1ccc(Br)c(S(=O)(=O)NCCCOCCO)c1. The van der Waals surface area contributed by atoms with Crippen LogP contribution in [-0.2, 0) is 14.8 Å². The lowest BCUT2D eigenvalue weighted by Crippen LogP contribution is -2.26. The lowest BCUT2D eigenvalue weighted by Gasteiger charge is -2.08. The van der Waals surface area contributed by atoms with Crippen molar-refractivity contribution in [2.24, 2.45) is 0 Å². The van der Waals surface area contributed by atoms with Crippen LogP contribution in [0.3, 0.4) is 0 Å². The minimum absolute atomic E-state index is 0.0909. The van der Waals surface area contributed by atoms with Gasteiger partial charge in [0.25, 0.3) is 5.69 Å². The zero-order valence-corrected chi connectivity index (χ0v) is 13.4. The second kappa shape index (κ2) is 8.39. The third kappa shape index (κ3) is 5.67. The van der Waals surface area contributed by atoms with E-state index in [9.17, 15) is 18.5 Å². The molecule has 0 aliphatic rings. The summed E-state index contributed by atoms with van der Waals surface area (Å²) in [6.45, 7) is 0.539. The van der Waals surface area contributed by atoms with Gasteiger partial charge in [0.1, 0.15) is 4.90 Å². The van der Waals surface area contributed by atoms with Crippen molar-refractivity contribution in [1.29, 1.82) is 0 Å². The molecule has 0 fully saturated rings. The highest BCUT2D eigenvalue weighted by Crippen LogP contribution is 2.26. The smallest absolute Gasteiger partial charge is 0.270 e. The predicted molar refractivity (Wildman–Crippen MR) is 78.5 cm³/mol. The lowest BCUT2D eigenvalue weighted by atomic mass is 10.3. The first kappa shape index (κ1) is 18.0. The number of sulfonamides is 1. The van der Waals surface area contributed by atoms with Gasteiger partial charge in [0, 0.05) is 29.8 Å². The number of hydrogen-bond donors (Lipinski definition) is 2. The lowest BCUT2D eigenvalue weighted by molar-refractivity contribution is -0.385. The normalized spacial score (nSPS) is 11.5. The van der Waals surface area contributed by atoms with Crippen LogP contribution in [0.15, 0.2) is 27.6 Å². The van der Waals surface area contributed by atoms with Crippen molar-refractivity contribution in [3.05, 3.63) is 32.8 Å². The van der Waals surface area contributed by atoms with E-state index in [0.717, 1.165) is 6.07 Å². The van der Waals surface area contributed by atoms with Gasteiger partial charge in [0.15, 0.2) is 0 Å². The maximum absolute atomic E-state index is 12.1. The molecule has 1 aromatic carbocycles. The Hall–Kier alpha value is -1.07. The summed E-state index contributed by atoms with van der Waals surface area (Å²) in [5.41, 5.74) is -0.301. The number of nitrogens with one attached hydrogen (secondary N) is 1. The fourth-order valence-corrected chi connectivity index (χ4v) is 3.49. The molecule has 0 saturated carbocycles. The number of rotatable bonds is 9. The van der Waals surface area contributed by atoms with E-state index in [2.05, 4.69) is 20.7 Å². The molecule has 0 aromatic heterocycles. The van der Waals surface area contributed by atoms with Gasteiger partial charge < -0.3 is 9.84 Å². The van der Waals surface area contributed by atoms with Gasteiger partial charge in [-0.1, -0.05) is 0 Å². The molecule has 2 N–H and O–H groups in total. The van der Waals surface area contributed by atoms with Crippen molar-refractivity contribution < 1.29 is 23.2 Å². The molecule has 10 heteroatoms. The molecule has 0 heterocycles. The Kier molecular flexibility index (Phi) is 7.18. The zero-order chi connectivity index (χ0) is 15.9. The van der Waals surface area contributed by atoms with Gasteiger partial charge in [0.2, 0.25) is 10.0 Å². The average Bonchev–Trinajstić information content (AvgIpc) is 2.42. The van der Waals surface area contributed by atoms with E-state index < -0.39 is 14.9 Å². The summed E-state index contributed by atoms with van der Waals surface area (Å²) in [5, 5.41) is 19.2. The molecule has 0 saturated heterocycles. The van der Waals surface area contributed by atoms with Crippen molar-refractivity contribution in [1.82, 2.24) is 4.72 Å². The Labute approximate surface area is 130 Å². The van der Waals surface area contributed by atoms with Gasteiger partial charge in [-0.25, -0.2) is 13.1 Å². The second-order valence-electron chi connectivity index (χ2n) is 3.96. The molecule has 8 nitrogen and oxygen atoms in total. The summed E-state index contributed by atoms with van der Waals surface area (Å²) < 4.78 is 31.7. The maximum Gasteiger partial charge on any atom is 0.270 e. The van der Waals surface area contributed by atoms with E-state index in [1.807, 2.05) is 0 Å². The van der Waals surface area contributed by atoms with Crippen LogP contribution in [0.25, 0.3) is 0 Å². The van der Waals surface area contributed by atoms with E-state index in [-0.39, 0.29) is 34.8 Å². The molecule has 0 atom stereocenters. The third-order valence-electron chi connectivity index (χ3n) is 2.41. The standard InChI is InChI=1S/C11H15BrN2O6S/c12-10-3-2-9(14(16)17)8-11(10)21(18,19)13-4-1-6-20-7-5-15/h2-3,8,13,15H,1,4-7H2. The molecule has 0 aliphatic carbocycles. The van der Waals surface area contributed by atoms with Crippen LogP contribution in [0.1, 0.15) is 6.42 Å². The van der Waals surface area contributed by atoms with Crippen LogP contribution in [0.2, 0.25) is 0 Å². The first-order valence-corrected chi connectivity index (χ1v) is 8.28. The zero-order valence-electron chi connectivity index (χ0n) is 11.0. The average molecular weight is 383 g/mol. The Bertz CT molecular complexity index is 592. The van der Waals surface area contributed by atoms with Gasteiger partial charge in [-0.3, -0.25) is 10.1 Å². The molecule has 0 unspecified atom stereocenters. The fourth-order valence-electron chi connectivity index (χ4n) is 1.44. The third-order valence-corrected chi connectivity index (χ3v) is 4.86. The van der Waals surface area contributed by atoms with Crippen LogP contribution >= 0.6 is 15.9 Å². The highest BCUT2D eigenvalue weighted by Gasteiger charge is 2.20. The summed E-state index contributed by atoms with van der Waals surface area (Å²) in [4.78, 5) is 9.84. The van der Waals surface area contributed by atoms with Crippen LogP contribution in [0.4, 0.5) is 5.69 Å². The number of halogens is 1. The van der Waals surface area contributed by atoms with Crippen molar-refractivity contribution in [3.63, 3.8) is 0 Å². The number of aliphatic hydroxyl groups is 1. The quantitative estimate of drug-likeness (QED) is 0.374. The Morgan fingerprint density at radius 2 is 2.10 bits per heavy atom. The molecule has 118 valence electrons. The Balaban J connectivity index is 2.70. The summed E-state index contributed by atoms with van der Waals surface area (Å²) in [5.74, 6) is 0. The monoisotopic (exact) mass is 382 g/mol. The maximum atomic E-state index is 12.1. The molecule has 1 aromatic rings. The molecule has 0 spiro atoms. The minimum Gasteiger partial charge on any atom is -0.394 e. The Morgan fingerprint density at radius 1 is 1.38 bits per heavy atom. The van der Waals surface area contributed by atoms with Crippen molar-refractivity contribution in [3.8, 4) is 0 Å². The summed E-state index contributed by atoms with van der Waals surface area (Å²) in [6.07, 6.45) is 0.422. The van der Waals surface area contributed by atoms with E-state index >= 15 is 0 Å². The summed E-state index contributed by atoms with van der Waals surface area (Å²) in [7, 11) is -3.85. The highest BCUT2D eigenvalue weighted by molar-refractivity contribution is 9.10. The second-order valence-corrected chi connectivity index (χ2v) is 6.55. The van der Waals surface area contributed by atoms with E-state index in [1.165, 1.54) is 12.1 Å². The number of nitro groups is 1. The number of benzene rings is 1. The first-order valence-electron chi connectivity index (χ1n) is 6.00. The highest BCUT2D eigenvalue weighted by atomic mass is 79.9. The van der Waals surface area contributed by atoms with Gasteiger partial charge in [0.05, 0.1) is 18.1 Å². The molecule has 0 bridgehead atoms. The molecular formula is C11H15BrN2O6S. The largest absolute Gasteiger partial charge is 0.394 e. The molecule has 0 radical (unpaired) electrons. The molecule has 1 rings (SSSR count). The van der Waals surface area contributed by atoms with Gasteiger partial charge in [-0.05, 0) is 28.4 Å². The van der Waals surface area contributed by atoms with E-state index in [4.69, 9.17) is 9.84 Å².